The third-order valence-electron chi connectivity index (χ3n) is 3.42. The van der Waals surface area contributed by atoms with Crippen LogP contribution in [0.1, 0.15) is 39.5 Å². The first kappa shape index (κ1) is 20.1. The minimum Gasteiger partial charge on any atom is -0.367 e. The lowest BCUT2D eigenvalue weighted by molar-refractivity contribution is -0.176. The Labute approximate surface area is 153 Å². The van der Waals surface area contributed by atoms with Gasteiger partial charge in [-0.05, 0) is 43.2 Å². The van der Waals surface area contributed by atoms with E-state index >= 15 is 0 Å². The number of carbonyl (C=O) groups excluding carboxylic acids is 1. The van der Waals surface area contributed by atoms with Crippen LogP contribution >= 0.6 is 11.3 Å². The Kier molecular flexibility index (Phi) is 6.93. The zero-order valence-corrected chi connectivity index (χ0v) is 15.2. The Hall–Kier alpha value is -2.19. The molecular formula is C18H19F3N2O2S. The Balaban J connectivity index is 1.96. The summed E-state index contributed by atoms with van der Waals surface area (Å²) in [6.45, 7) is 2.31. The molecule has 0 aliphatic carbocycles. The largest absolute Gasteiger partial charge is 0.411 e. The van der Waals surface area contributed by atoms with Gasteiger partial charge in [0.25, 0.3) is 5.91 Å². The molecular weight excluding hydrogens is 365 g/mol. The summed E-state index contributed by atoms with van der Waals surface area (Å²) in [5.41, 5.74) is 3.94. The van der Waals surface area contributed by atoms with Crippen LogP contribution in [0.3, 0.4) is 0 Å². The summed E-state index contributed by atoms with van der Waals surface area (Å²) in [5.74, 6) is -0.436. The van der Waals surface area contributed by atoms with Crippen LogP contribution in [0.15, 0.2) is 41.5 Å². The van der Waals surface area contributed by atoms with Gasteiger partial charge in [-0.3, -0.25) is 4.79 Å². The van der Waals surface area contributed by atoms with E-state index in [-0.39, 0.29) is 6.61 Å². The molecule has 1 heterocycles. The first-order valence-corrected chi connectivity index (χ1v) is 8.77. The summed E-state index contributed by atoms with van der Waals surface area (Å²) in [4.78, 5) is 14.4. The Morgan fingerprint density at radius 3 is 2.69 bits per heavy atom. The van der Waals surface area contributed by atoms with Gasteiger partial charge in [-0.15, -0.1) is 11.3 Å². The molecule has 1 aromatic heterocycles. The Morgan fingerprint density at radius 2 is 2.04 bits per heavy atom. The molecule has 0 bridgehead atoms. The lowest BCUT2D eigenvalue weighted by Gasteiger charge is -2.08. The van der Waals surface area contributed by atoms with Gasteiger partial charge in [0, 0.05) is 10.4 Å². The molecule has 0 radical (unpaired) electrons. The van der Waals surface area contributed by atoms with Crippen molar-refractivity contribution >= 4 is 23.0 Å². The zero-order valence-electron chi connectivity index (χ0n) is 14.4. The topological polar surface area (TPSA) is 50.7 Å². The number of hydrogen-bond acceptors (Lipinski definition) is 4. The van der Waals surface area contributed by atoms with Gasteiger partial charge in [0.15, 0.2) is 0 Å². The highest BCUT2D eigenvalue weighted by atomic mass is 32.1. The smallest absolute Gasteiger partial charge is 0.367 e. The fourth-order valence-corrected chi connectivity index (χ4v) is 3.00. The number of carbonyl (C=O) groups is 1. The number of hydrazone groups is 1. The second-order valence-electron chi connectivity index (χ2n) is 5.57. The van der Waals surface area contributed by atoms with Crippen molar-refractivity contribution in [3.63, 3.8) is 0 Å². The maximum atomic E-state index is 12.2. The van der Waals surface area contributed by atoms with E-state index in [1.807, 2.05) is 12.1 Å². The molecule has 1 aromatic carbocycles. The number of nitrogens with one attached hydrogen (secondary N) is 1. The summed E-state index contributed by atoms with van der Waals surface area (Å²) in [6, 6.07) is 10.2. The van der Waals surface area contributed by atoms with Gasteiger partial charge in [-0.25, -0.2) is 5.43 Å². The monoisotopic (exact) mass is 384 g/mol. The molecule has 0 unspecified atom stereocenters. The maximum Gasteiger partial charge on any atom is 0.411 e. The lowest BCUT2D eigenvalue weighted by Crippen LogP contribution is -2.19. The first-order valence-electron chi connectivity index (χ1n) is 7.95. The minimum atomic E-state index is -4.37. The Bertz CT molecular complexity index is 785. The average Bonchev–Trinajstić information content (AvgIpc) is 3.08. The number of thiophene rings is 1. The fourth-order valence-electron chi connectivity index (χ4n) is 2.10. The van der Waals surface area contributed by atoms with Crippen molar-refractivity contribution in [2.24, 2.45) is 5.10 Å². The lowest BCUT2D eigenvalue weighted by atomic mass is 10.1. The zero-order chi connectivity index (χ0) is 19.2. The van der Waals surface area contributed by atoms with E-state index in [2.05, 4.69) is 22.2 Å². The molecule has 1 N–H and O–H groups in total. The van der Waals surface area contributed by atoms with E-state index in [0.717, 1.165) is 11.3 Å². The van der Waals surface area contributed by atoms with Crippen molar-refractivity contribution in [3.05, 3.63) is 57.3 Å². The second kappa shape index (κ2) is 8.95. The van der Waals surface area contributed by atoms with Gasteiger partial charge in [0.1, 0.15) is 6.61 Å². The van der Waals surface area contributed by atoms with Crippen LogP contribution < -0.4 is 5.43 Å². The molecule has 0 aliphatic heterocycles. The van der Waals surface area contributed by atoms with Crippen LogP contribution in [0.25, 0.3) is 0 Å². The third kappa shape index (κ3) is 6.27. The van der Waals surface area contributed by atoms with Crippen molar-refractivity contribution < 1.29 is 22.7 Å². The number of amides is 1. The molecule has 0 fully saturated rings. The summed E-state index contributed by atoms with van der Waals surface area (Å²) < 4.78 is 40.9. The molecule has 0 aliphatic rings. The SMILES string of the molecule is CCc1ccc(C(C)=NNC(=O)c2cccc(COCC(F)(F)F)c2)s1. The van der Waals surface area contributed by atoms with Crippen molar-refractivity contribution in [2.45, 2.75) is 33.1 Å². The number of hydrogen-bond donors (Lipinski definition) is 1. The average molecular weight is 384 g/mol. The fraction of sp³-hybridized carbons (Fsp3) is 0.333. The van der Waals surface area contributed by atoms with E-state index in [4.69, 9.17) is 0 Å². The van der Waals surface area contributed by atoms with Gasteiger partial charge >= 0.3 is 6.18 Å². The summed E-state index contributed by atoms with van der Waals surface area (Å²) >= 11 is 1.61. The molecule has 2 aromatic rings. The number of halogens is 3. The number of nitrogens with zero attached hydrogens (tertiary/aromatic N) is 1. The molecule has 2 rings (SSSR count). The first-order chi connectivity index (χ1) is 12.3. The maximum absolute atomic E-state index is 12.2. The van der Waals surface area contributed by atoms with Gasteiger partial charge < -0.3 is 4.74 Å². The number of benzene rings is 1. The van der Waals surface area contributed by atoms with Crippen LogP contribution in [-0.4, -0.2) is 24.4 Å². The molecule has 140 valence electrons. The minimum absolute atomic E-state index is 0.224. The number of alkyl halides is 3. The Morgan fingerprint density at radius 1 is 1.27 bits per heavy atom. The summed E-state index contributed by atoms with van der Waals surface area (Å²) in [6.07, 6.45) is -3.44. The predicted octanol–water partition coefficient (Wildman–Crippen LogP) is 4.54. The molecule has 0 saturated carbocycles. The standard InChI is InChI=1S/C18H19F3N2O2S/c1-3-15-7-8-16(26-15)12(2)22-23-17(24)14-6-4-5-13(9-14)10-25-11-18(19,20)21/h4-9H,3,10-11H2,1-2H3,(H,23,24). The molecule has 1 amide bonds. The highest BCUT2D eigenvalue weighted by molar-refractivity contribution is 7.14. The van der Waals surface area contributed by atoms with E-state index < -0.39 is 18.7 Å². The highest BCUT2D eigenvalue weighted by Crippen LogP contribution is 2.18. The van der Waals surface area contributed by atoms with Crippen molar-refractivity contribution in [3.8, 4) is 0 Å². The van der Waals surface area contributed by atoms with E-state index in [1.165, 1.54) is 10.9 Å². The molecule has 0 saturated heterocycles. The molecule has 0 spiro atoms. The van der Waals surface area contributed by atoms with Crippen molar-refractivity contribution in [1.82, 2.24) is 5.43 Å². The van der Waals surface area contributed by atoms with Gasteiger partial charge in [0.05, 0.1) is 17.2 Å². The molecule has 26 heavy (non-hydrogen) atoms. The molecule has 8 heteroatoms. The third-order valence-corrected chi connectivity index (χ3v) is 4.75. The van der Waals surface area contributed by atoms with Crippen LogP contribution in [0.4, 0.5) is 13.2 Å². The van der Waals surface area contributed by atoms with E-state index in [0.29, 0.717) is 16.8 Å². The molecule has 4 nitrogen and oxygen atoms in total. The highest BCUT2D eigenvalue weighted by Gasteiger charge is 2.27. The number of ether oxygens (including phenoxy) is 1. The van der Waals surface area contributed by atoms with Gasteiger partial charge in [-0.2, -0.15) is 18.3 Å². The van der Waals surface area contributed by atoms with Crippen LogP contribution in [0.2, 0.25) is 0 Å². The molecule has 0 atom stereocenters. The van der Waals surface area contributed by atoms with Crippen molar-refractivity contribution in [1.29, 1.82) is 0 Å². The summed E-state index contributed by atoms with van der Waals surface area (Å²) in [5, 5.41) is 4.09. The van der Waals surface area contributed by atoms with Crippen LogP contribution in [0.5, 0.6) is 0 Å². The number of rotatable bonds is 7. The van der Waals surface area contributed by atoms with Crippen molar-refractivity contribution in [2.75, 3.05) is 6.61 Å². The normalized spacial score (nSPS) is 12.3. The second-order valence-corrected chi connectivity index (χ2v) is 6.73. The number of aryl methyl sites for hydroxylation is 1. The predicted molar refractivity (Wildman–Crippen MR) is 95.5 cm³/mol. The van der Waals surface area contributed by atoms with E-state index in [1.54, 1.807) is 36.5 Å². The quantitative estimate of drug-likeness (QED) is 0.563. The summed E-state index contributed by atoms with van der Waals surface area (Å²) in [7, 11) is 0. The van der Waals surface area contributed by atoms with Gasteiger partial charge in [-0.1, -0.05) is 19.1 Å². The van der Waals surface area contributed by atoms with E-state index in [9.17, 15) is 18.0 Å². The van der Waals surface area contributed by atoms with Gasteiger partial charge in [0.2, 0.25) is 0 Å². The van der Waals surface area contributed by atoms with Crippen LogP contribution in [-0.2, 0) is 17.8 Å². The van der Waals surface area contributed by atoms with Crippen LogP contribution in [0, 0.1) is 0 Å².